The minimum Gasteiger partial charge on any atom is -0.378 e. The summed E-state index contributed by atoms with van der Waals surface area (Å²) in [4.78, 5) is 14.4. The maximum atomic E-state index is 6.67. The van der Waals surface area contributed by atoms with E-state index in [1.165, 1.54) is 0 Å². The van der Waals surface area contributed by atoms with Gasteiger partial charge in [-0.25, -0.2) is 0 Å². The molecule has 4 heterocycles. The molecule has 0 unspecified atom stereocenters. The molecule has 0 bridgehead atoms. The summed E-state index contributed by atoms with van der Waals surface area (Å²) >= 11 is 6.67. The number of hydrogen-bond acceptors (Lipinski definition) is 8. The Labute approximate surface area is 205 Å². The second-order valence-electron chi connectivity index (χ2n) is 9.35. The van der Waals surface area contributed by atoms with Gasteiger partial charge in [0.05, 0.1) is 19.4 Å². The van der Waals surface area contributed by atoms with Gasteiger partial charge in [0, 0.05) is 60.6 Å². The highest BCUT2D eigenvalue weighted by Crippen LogP contribution is 2.30. The third kappa shape index (κ3) is 4.64. The number of nitrogens with two attached hydrogens (primary N) is 1. The van der Waals surface area contributed by atoms with Gasteiger partial charge < -0.3 is 25.6 Å². The molecule has 3 N–H and O–H groups in total. The summed E-state index contributed by atoms with van der Waals surface area (Å²) < 4.78 is 7.34. The molecule has 2 aliphatic rings. The SMILES string of the molecule is CC(C)c1cnn2c(NCc3c(Cl)cccc3N3CCOCC3)nc(N3CCC(N)CC3)nc12. The van der Waals surface area contributed by atoms with Crippen LogP contribution in [-0.4, -0.2) is 65.0 Å². The van der Waals surface area contributed by atoms with Gasteiger partial charge in [-0.2, -0.15) is 19.6 Å². The number of ether oxygens (including phenoxy) is 1. The lowest BCUT2D eigenvalue weighted by Gasteiger charge is -2.31. The first-order valence-corrected chi connectivity index (χ1v) is 12.5. The molecule has 0 saturated carbocycles. The van der Waals surface area contributed by atoms with Gasteiger partial charge in [-0.15, -0.1) is 0 Å². The molecule has 2 aromatic heterocycles. The van der Waals surface area contributed by atoms with Crippen LogP contribution in [0.4, 0.5) is 17.6 Å². The van der Waals surface area contributed by atoms with Crippen LogP contribution in [0, 0.1) is 0 Å². The predicted molar refractivity (Wildman–Crippen MR) is 136 cm³/mol. The van der Waals surface area contributed by atoms with Crippen molar-refractivity contribution >= 4 is 34.8 Å². The number of nitrogens with one attached hydrogen (secondary N) is 1. The van der Waals surface area contributed by atoms with Crippen LogP contribution in [0.2, 0.25) is 5.02 Å². The second-order valence-corrected chi connectivity index (χ2v) is 9.76. The molecule has 2 fully saturated rings. The highest BCUT2D eigenvalue weighted by molar-refractivity contribution is 6.31. The van der Waals surface area contributed by atoms with Crippen molar-refractivity contribution in [1.29, 1.82) is 0 Å². The number of morpholine rings is 1. The van der Waals surface area contributed by atoms with Crippen molar-refractivity contribution in [3.05, 3.63) is 40.5 Å². The molecular formula is C24H33ClN8O. The molecule has 10 heteroatoms. The Morgan fingerprint density at radius 1 is 1.12 bits per heavy atom. The summed E-state index contributed by atoms with van der Waals surface area (Å²) in [7, 11) is 0. The van der Waals surface area contributed by atoms with E-state index >= 15 is 0 Å². The van der Waals surface area contributed by atoms with E-state index in [-0.39, 0.29) is 6.04 Å². The summed E-state index contributed by atoms with van der Waals surface area (Å²) in [6, 6.07) is 6.31. The van der Waals surface area contributed by atoms with E-state index < -0.39 is 0 Å². The van der Waals surface area contributed by atoms with Crippen LogP contribution in [-0.2, 0) is 11.3 Å². The van der Waals surface area contributed by atoms with Crippen molar-refractivity contribution in [2.75, 3.05) is 54.5 Å². The van der Waals surface area contributed by atoms with Crippen LogP contribution in [0.5, 0.6) is 0 Å². The number of fused-ring (bicyclic) bond motifs is 1. The molecule has 5 rings (SSSR count). The Morgan fingerprint density at radius 3 is 2.62 bits per heavy atom. The zero-order valence-corrected chi connectivity index (χ0v) is 20.6. The summed E-state index contributed by atoms with van der Waals surface area (Å²) in [6.07, 6.45) is 3.77. The Balaban J connectivity index is 1.48. The fraction of sp³-hybridized carbons (Fsp3) is 0.542. The predicted octanol–water partition coefficient (Wildman–Crippen LogP) is 3.28. The molecule has 0 atom stereocenters. The summed E-state index contributed by atoms with van der Waals surface area (Å²) in [5, 5.41) is 8.87. The van der Waals surface area contributed by atoms with Gasteiger partial charge in [0.2, 0.25) is 11.9 Å². The number of nitrogens with zero attached hydrogens (tertiary/aromatic N) is 6. The van der Waals surface area contributed by atoms with Crippen LogP contribution in [0.1, 0.15) is 43.7 Å². The van der Waals surface area contributed by atoms with E-state index in [4.69, 9.17) is 32.0 Å². The molecule has 9 nitrogen and oxygen atoms in total. The maximum Gasteiger partial charge on any atom is 0.230 e. The fourth-order valence-electron chi connectivity index (χ4n) is 4.64. The van der Waals surface area contributed by atoms with E-state index in [0.29, 0.717) is 18.4 Å². The lowest BCUT2D eigenvalue weighted by atomic mass is 10.1. The molecule has 0 amide bonds. The molecule has 0 radical (unpaired) electrons. The molecular weight excluding hydrogens is 452 g/mol. The summed E-state index contributed by atoms with van der Waals surface area (Å²) in [6.45, 7) is 9.70. The van der Waals surface area contributed by atoms with E-state index in [9.17, 15) is 0 Å². The van der Waals surface area contributed by atoms with Gasteiger partial charge >= 0.3 is 0 Å². The van der Waals surface area contributed by atoms with Gasteiger partial charge in [-0.3, -0.25) is 0 Å². The summed E-state index contributed by atoms with van der Waals surface area (Å²) in [5.41, 5.74) is 10.2. The lowest BCUT2D eigenvalue weighted by molar-refractivity contribution is 0.122. The van der Waals surface area contributed by atoms with Crippen molar-refractivity contribution in [3.8, 4) is 0 Å². The zero-order chi connectivity index (χ0) is 23.7. The van der Waals surface area contributed by atoms with Crippen LogP contribution in [0.25, 0.3) is 5.65 Å². The van der Waals surface area contributed by atoms with Crippen molar-refractivity contribution in [2.24, 2.45) is 5.73 Å². The van der Waals surface area contributed by atoms with E-state index in [1.807, 2.05) is 18.3 Å². The van der Waals surface area contributed by atoms with Gasteiger partial charge in [-0.1, -0.05) is 31.5 Å². The van der Waals surface area contributed by atoms with Gasteiger partial charge in [0.15, 0.2) is 5.65 Å². The number of anilines is 3. The molecule has 3 aromatic rings. The van der Waals surface area contributed by atoms with Crippen LogP contribution < -0.4 is 20.9 Å². The quantitative estimate of drug-likeness (QED) is 0.550. The highest BCUT2D eigenvalue weighted by atomic mass is 35.5. The third-order valence-electron chi connectivity index (χ3n) is 6.70. The number of piperidine rings is 1. The third-order valence-corrected chi connectivity index (χ3v) is 7.05. The van der Waals surface area contributed by atoms with E-state index in [2.05, 4.69) is 40.1 Å². The van der Waals surface area contributed by atoms with Gasteiger partial charge in [0.1, 0.15) is 0 Å². The van der Waals surface area contributed by atoms with E-state index in [0.717, 1.165) is 85.7 Å². The monoisotopic (exact) mass is 484 g/mol. The fourth-order valence-corrected chi connectivity index (χ4v) is 4.87. The molecule has 34 heavy (non-hydrogen) atoms. The average Bonchev–Trinajstić information content (AvgIpc) is 3.28. The number of aromatic nitrogens is 4. The van der Waals surface area contributed by atoms with Crippen LogP contribution >= 0.6 is 11.6 Å². The first-order chi connectivity index (χ1) is 16.5. The number of rotatable bonds is 6. The van der Waals surface area contributed by atoms with Crippen molar-refractivity contribution in [1.82, 2.24) is 19.6 Å². The first-order valence-electron chi connectivity index (χ1n) is 12.1. The van der Waals surface area contributed by atoms with Crippen LogP contribution in [0.15, 0.2) is 24.4 Å². The van der Waals surface area contributed by atoms with E-state index in [1.54, 1.807) is 4.52 Å². The first kappa shape index (κ1) is 23.1. The number of halogens is 1. The largest absolute Gasteiger partial charge is 0.378 e. The molecule has 2 aliphatic heterocycles. The van der Waals surface area contributed by atoms with Crippen LogP contribution in [0.3, 0.4) is 0 Å². The maximum absolute atomic E-state index is 6.67. The normalized spacial score (nSPS) is 17.7. The zero-order valence-electron chi connectivity index (χ0n) is 19.9. The number of benzene rings is 1. The Morgan fingerprint density at radius 2 is 1.88 bits per heavy atom. The molecule has 2 saturated heterocycles. The van der Waals surface area contributed by atoms with Crippen molar-refractivity contribution in [2.45, 2.75) is 45.2 Å². The highest BCUT2D eigenvalue weighted by Gasteiger charge is 2.23. The molecule has 0 aliphatic carbocycles. The Kier molecular flexibility index (Phi) is 6.76. The molecule has 182 valence electrons. The molecule has 1 aromatic carbocycles. The lowest BCUT2D eigenvalue weighted by Crippen LogP contribution is -2.40. The van der Waals surface area contributed by atoms with Gasteiger partial charge in [-0.05, 0) is 30.9 Å². The Hall–Kier alpha value is -2.62. The minimum absolute atomic E-state index is 0.248. The smallest absolute Gasteiger partial charge is 0.230 e. The second kappa shape index (κ2) is 9.93. The minimum atomic E-state index is 0.248. The number of hydrogen-bond donors (Lipinski definition) is 2. The van der Waals surface area contributed by atoms with Crippen molar-refractivity contribution < 1.29 is 4.74 Å². The standard InChI is InChI=1S/C24H33ClN8O/c1-16(2)18-15-28-33-22(18)29-24(32-8-6-17(26)7-9-32)30-23(33)27-14-19-20(25)4-3-5-21(19)31-10-12-34-13-11-31/h3-5,15-17H,6-14,26H2,1-2H3,(H,27,29,30). The summed E-state index contributed by atoms with van der Waals surface area (Å²) in [5.74, 6) is 1.69. The van der Waals surface area contributed by atoms with Crippen molar-refractivity contribution in [3.63, 3.8) is 0 Å². The average molecular weight is 485 g/mol. The Bertz CT molecular complexity index is 1140. The van der Waals surface area contributed by atoms with Gasteiger partial charge in [0.25, 0.3) is 0 Å². The topological polar surface area (TPSA) is 96.8 Å². The molecule has 0 spiro atoms.